The molecule has 4 nitrogen and oxygen atoms in total. The number of nitrogens with one attached hydrogen (secondary N) is 2. The summed E-state index contributed by atoms with van der Waals surface area (Å²) in [5.41, 5.74) is 4.05. The van der Waals surface area contributed by atoms with Crippen LogP contribution in [0.2, 0.25) is 0 Å². The van der Waals surface area contributed by atoms with Gasteiger partial charge in [0, 0.05) is 24.0 Å². The lowest BCUT2D eigenvalue weighted by atomic mass is 9.98. The van der Waals surface area contributed by atoms with Gasteiger partial charge in [-0.2, -0.15) is 4.98 Å². The zero-order chi connectivity index (χ0) is 18.5. The molecule has 0 unspecified atom stereocenters. The average molecular weight is 350 g/mol. The summed E-state index contributed by atoms with van der Waals surface area (Å²) in [6.45, 7) is 6.74. The molecule has 2 aromatic carbocycles. The molecule has 0 spiro atoms. The zero-order valence-corrected chi connectivity index (χ0v) is 15.3. The van der Waals surface area contributed by atoms with Gasteiger partial charge in [-0.3, -0.25) is 0 Å². The lowest BCUT2D eigenvalue weighted by Gasteiger charge is -2.17. The van der Waals surface area contributed by atoms with Gasteiger partial charge in [0.2, 0.25) is 5.95 Å². The van der Waals surface area contributed by atoms with Crippen molar-refractivity contribution in [3.63, 3.8) is 0 Å². The molecule has 5 heteroatoms. The van der Waals surface area contributed by atoms with Crippen LogP contribution >= 0.6 is 0 Å². The molecular weight excluding hydrogens is 327 g/mol. The number of halogens is 1. The first-order chi connectivity index (χ1) is 12.5. The molecule has 0 saturated heterocycles. The number of aromatic nitrogens is 2. The van der Waals surface area contributed by atoms with E-state index >= 15 is 0 Å². The Hall–Kier alpha value is -2.95. The molecule has 0 amide bonds. The Morgan fingerprint density at radius 1 is 1.04 bits per heavy atom. The standard InChI is InChI=1S/C21H23FN4/c1-14(2)17-9-6-7-15(3)20(17)25-19-11-12-23-21(26-19)24-13-16-8-4-5-10-18(16)22/h4-12,14H,13H2,1-3H3,(H2,23,24,25,26). The van der Waals surface area contributed by atoms with Gasteiger partial charge in [-0.15, -0.1) is 0 Å². The van der Waals surface area contributed by atoms with Gasteiger partial charge in [0.1, 0.15) is 11.6 Å². The Balaban J connectivity index is 1.77. The van der Waals surface area contributed by atoms with Gasteiger partial charge in [-0.25, -0.2) is 9.37 Å². The molecule has 0 aliphatic rings. The van der Waals surface area contributed by atoms with Crippen molar-refractivity contribution < 1.29 is 4.39 Å². The van der Waals surface area contributed by atoms with Crippen LogP contribution < -0.4 is 10.6 Å². The van der Waals surface area contributed by atoms with E-state index in [-0.39, 0.29) is 5.82 Å². The van der Waals surface area contributed by atoms with Crippen LogP contribution in [0.3, 0.4) is 0 Å². The molecule has 0 bridgehead atoms. The van der Waals surface area contributed by atoms with Gasteiger partial charge < -0.3 is 10.6 Å². The molecule has 0 saturated carbocycles. The van der Waals surface area contributed by atoms with E-state index in [2.05, 4.69) is 59.6 Å². The van der Waals surface area contributed by atoms with Gasteiger partial charge in [-0.1, -0.05) is 50.2 Å². The summed E-state index contributed by atoms with van der Waals surface area (Å²) in [7, 11) is 0. The number of aryl methyl sites for hydroxylation is 1. The summed E-state index contributed by atoms with van der Waals surface area (Å²) in [6, 6.07) is 14.8. The molecule has 134 valence electrons. The van der Waals surface area contributed by atoms with E-state index in [4.69, 9.17) is 0 Å². The minimum Gasteiger partial charge on any atom is -0.350 e. The zero-order valence-electron chi connectivity index (χ0n) is 15.3. The van der Waals surface area contributed by atoms with Crippen LogP contribution in [0.5, 0.6) is 0 Å². The van der Waals surface area contributed by atoms with Gasteiger partial charge in [0.25, 0.3) is 0 Å². The Kier molecular flexibility index (Phi) is 5.46. The summed E-state index contributed by atoms with van der Waals surface area (Å²) in [4.78, 5) is 8.72. The monoisotopic (exact) mass is 350 g/mol. The minimum absolute atomic E-state index is 0.240. The fourth-order valence-corrected chi connectivity index (χ4v) is 2.80. The molecule has 1 heterocycles. The summed E-state index contributed by atoms with van der Waals surface area (Å²) in [6.07, 6.45) is 1.69. The van der Waals surface area contributed by atoms with Gasteiger partial charge in [-0.05, 0) is 36.1 Å². The fourth-order valence-electron chi connectivity index (χ4n) is 2.80. The normalized spacial score (nSPS) is 10.8. The highest BCUT2D eigenvalue weighted by atomic mass is 19.1. The van der Waals surface area contributed by atoms with E-state index in [1.54, 1.807) is 18.3 Å². The van der Waals surface area contributed by atoms with Gasteiger partial charge in [0.05, 0.1) is 0 Å². The first kappa shape index (κ1) is 17.9. The summed E-state index contributed by atoms with van der Waals surface area (Å²) in [5, 5.41) is 6.48. The van der Waals surface area contributed by atoms with Crippen molar-refractivity contribution in [2.24, 2.45) is 0 Å². The van der Waals surface area contributed by atoms with Crippen LogP contribution in [0.25, 0.3) is 0 Å². The van der Waals surface area contributed by atoms with Gasteiger partial charge >= 0.3 is 0 Å². The van der Waals surface area contributed by atoms with E-state index in [1.165, 1.54) is 11.6 Å². The summed E-state index contributed by atoms with van der Waals surface area (Å²) in [5.74, 6) is 1.32. The SMILES string of the molecule is Cc1cccc(C(C)C)c1Nc1ccnc(NCc2ccccc2F)n1. The Morgan fingerprint density at radius 2 is 1.85 bits per heavy atom. The fraction of sp³-hybridized carbons (Fsp3) is 0.238. The van der Waals surface area contributed by atoms with Crippen molar-refractivity contribution in [1.29, 1.82) is 0 Å². The highest BCUT2D eigenvalue weighted by molar-refractivity contribution is 5.65. The van der Waals surface area contributed by atoms with E-state index in [9.17, 15) is 4.39 Å². The lowest BCUT2D eigenvalue weighted by Crippen LogP contribution is -2.07. The third-order valence-corrected chi connectivity index (χ3v) is 4.23. The van der Waals surface area contributed by atoms with Crippen LogP contribution in [0.4, 0.5) is 21.8 Å². The highest BCUT2D eigenvalue weighted by Crippen LogP contribution is 2.29. The average Bonchev–Trinajstić information content (AvgIpc) is 2.63. The number of hydrogen-bond donors (Lipinski definition) is 2. The van der Waals surface area contributed by atoms with Crippen molar-refractivity contribution in [3.05, 3.63) is 77.2 Å². The number of para-hydroxylation sites is 1. The minimum atomic E-state index is -0.240. The number of hydrogen-bond acceptors (Lipinski definition) is 4. The van der Waals surface area contributed by atoms with E-state index in [0.29, 0.717) is 29.8 Å². The maximum absolute atomic E-state index is 13.7. The van der Waals surface area contributed by atoms with Crippen LogP contribution in [0.1, 0.15) is 36.5 Å². The summed E-state index contributed by atoms with van der Waals surface area (Å²) < 4.78 is 13.7. The first-order valence-electron chi connectivity index (χ1n) is 8.71. The Bertz CT molecular complexity index is 893. The molecule has 0 atom stereocenters. The van der Waals surface area contributed by atoms with Crippen molar-refractivity contribution in [3.8, 4) is 0 Å². The van der Waals surface area contributed by atoms with Crippen LogP contribution in [-0.4, -0.2) is 9.97 Å². The smallest absolute Gasteiger partial charge is 0.224 e. The van der Waals surface area contributed by atoms with E-state index < -0.39 is 0 Å². The Morgan fingerprint density at radius 3 is 2.62 bits per heavy atom. The highest BCUT2D eigenvalue weighted by Gasteiger charge is 2.10. The third-order valence-electron chi connectivity index (χ3n) is 4.23. The maximum atomic E-state index is 13.7. The van der Waals surface area contributed by atoms with Crippen molar-refractivity contribution in [2.45, 2.75) is 33.2 Å². The van der Waals surface area contributed by atoms with Crippen LogP contribution in [0.15, 0.2) is 54.7 Å². The predicted molar refractivity (Wildman–Crippen MR) is 104 cm³/mol. The van der Waals surface area contributed by atoms with E-state index in [1.807, 2.05) is 12.1 Å². The van der Waals surface area contributed by atoms with E-state index in [0.717, 1.165) is 11.3 Å². The summed E-state index contributed by atoms with van der Waals surface area (Å²) >= 11 is 0. The van der Waals surface area contributed by atoms with Crippen LogP contribution in [-0.2, 0) is 6.54 Å². The van der Waals surface area contributed by atoms with Crippen molar-refractivity contribution in [1.82, 2.24) is 9.97 Å². The third kappa shape index (κ3) is 4.17. The number of nitrogens with zero attached hydrogens (tertiary/aromatic N) is 2. The molecule has 1 aromatic heterocycles. The lowest BCUT2D eigenvalue weighted by molar-refractivity contribution is 0.612. The second kappa shape index (κ2) is 7.95. The Labute approximate surface area is 153 Å². The second-order valence-electron chi connectivity index (χ2n) is 6.53. The molecule has 0 aliphatic heterocycles. The molecule has 3 aromatic rings. The first-order valence-corrected chi connectivity index (χ1v) is 8.71. The molecular formula is C21H23FN4. The largest absolute Gasteiger partial charge is 0.350 e. The molecule has 0 aliphatic carbocycles. The number of rotatable bonds is 6. The maximum Gasteiger partial charge on any atom is 0.224 e. The molecule has 0 radical (unpaired) electrons. The van der Waals surface area contributed by atoms with Crippen molar-refractivity contribution in [2.75, 3.05) is 10.6 Å². The molecule has 3 rings (SSSR count). The van der Waals surface area contributed by atoms with Crippen LogP contribution in [0, 0.1) is 12.7 Å². The molecule has 26 heavy (non-hydrogen) atoms. The molecule has 2 N–H and O–H groups in total. The van der Waals surface area contributed by atoms with Gasteiger partial charge in [0.15, 0.2) is 0 Å². The number of anilines is 3. The second-order valence-corrected chi connectivity index (χ2v) is 6.53. The number of benzene rings is 2. The topological polar surface area (TPSA) is 49.8 Å². The predicted octanol–water partition coefficient (Wildman–Crippen LogP) is 5.40. The molecule has 0 fully saturated rings. The van der Waals surface area contributed by atoms with Crippen molar-refractivity contribution >= 4 is 17.5 Å². The quantitative estimate of drug-likeness (QED) is 0.625.